The van der Waals surface area contributed by atoms with Crippen LogP contribution in [0.4, 0.5) is 0 Å². The average Bonchev–Trinajstić information content (AvgIpc) is 2.09. The molecular weight excluding hydrogens is 168 g/mol. The molecule has 1 aliphatic rings. The summed E-state index contributed by atoms with van der Waals surface area (Å²) in [5.41, 5.74) is 0.0500. The number of hydrogen-bond donors (Lipinski definition) is 1. The van der Waals surface area contributed by atoms with Crippen LogP contribution < -0.4 is 10.7 Å². The largest absolute Gasteiger partial charge is 0.506 e. The Labute approximate surface area is 73.6 Å². The van der Waals surface area contributed by atoms with E-state index in [4.69, 9.17) is 0 Å². The Morgan fingerprint density at radius 3 is 2.85 bits per heavy atom. The van der Waals surface area contributed by atoms with Gasteiger partial charge in [0.2, 0.25) is 0 Å². The molecule has 0 fully saturated rings. The molecule has 2 rings (SSSR count). The first-order chi connectivity index (χ1) is 6.18. The summed E-state index contributed by atoms with van der Waals surface area (Å²) in [6.45, 7) is 3.41. The van der Waals surface area contributed by atoms with Crippen molar-refractivity contribution in [2.45, 2.75) is 0 Å². The summed E-state index contributed by atoms with van der Waals surface area (Å²) in [4.78, 5) is 18.6. The Hall–Kier alpha value is -1.97. The van der Waals surface area contributed by atoms with Crippen LogP contribution in [0.2, 0.25) is 0 Å². The zero-order chi connectivity index (χ0) is 9.42. The molecule has 0 bridgehead atoms. The molecule has 1 aromatic rings. The molecular formula is C9H6N2O2. The molecule has 4 nitrogen and oxygen atoms in total. The van der Waals surface area contributed by atoms with Crippen LogP contribution in [0.3, 0.4) is 0 Å². The molecule has 1 amide bonds. The van der Waals surface area contributed by atoms with Gasteiger partial charge in [-0.15, -0.1) is 0 Å². The highest BCUT2D eigenvalue weighted by Crippen LogP contribution is 2.01. The number of phenolic OH excluding ortho intramolecular Hbond substituents is 1. The van der Waals surface area contributed by atoms with E-state index in [1.165, 1.54) is 6.07 Å². The van der Waals surface area contributed by atoms with Gasteiger partial charge in [-0.3, -0.25) is 4.79 Å². The number of rotatable bonds is 0. The van der Waals surface area contributed by atoms with Gasteiger partial charge in [0, 0.05) is 0 Å². The second-order valence-corrected chi connectivity index (χ2v) is 2.62. The van der Waals surface area contributed by atoms with Crippen molar-refractivity contribution in [1.29, 1.82) is 0 Å². The van der Waals surface area contributed by atoms with E-state index < -0.39 is 5.91 Å². The van der Waals surface area contributed by atoms with Crippen molar-refractivity contribution in [2.75, 3.05) is 0 Å². The van der Waals surface area contributed by atoms with E-state index in [0.717, 1.165) is 0 Å². The lowest BCUT2D eigenvalue weighted by Gasteiger charge is -2.00. The van der Waals surface area contributed by atoms with Crippen LogP contribution in [-0.2, 0) is 4.79 Å². The van der Waals surface area contributed by atoms with Crippen LogP contribution in [0.15, 0.2) is 40.5 Å². The molecule has 0 saturated carbocycles. The third kappa shape index (κ3) is 1.12. The first kappa shape index (κ1) is 7.67. The monoisotopic (exact) mass is 174 g/mol. The average molecular weight is 174 g/mol. The van der Waals surface area contributed by atoms with E-state index in [9.17, 15) is 9.90 Å². The van der Waals surface area contributed by atoms with Gasteiger partial charge in [0.05, 0.1) is 5.36 Å². The lowest BCUT2D eigenvalue weighted by Crippen LogP contribution is -2.30. The number of nitrogens with zero attached hydrogens (tertiary/aromatic N) is 2. The van der Waals surface area contributed by atoms with Crippen LogP contribution in [0.25, 0.3) is 0 Å². The topological polar surface area (TPSA) is 62.0 Å². The fourth-order valence-corrected chi connectivity index (χ4v) is 1.08. The molecule has 0 radical (unpaired) electrons. The summed E-state index contributed by atoms with van der Waals surface area (Å²) in [5, 5.41) is 10.1. The first-order valence-corrected chi connectivity index (χ1v) is 3.67. The number of benzene rings is 1. The van der Waals surface area contributed by atoms with E-state index in [-0.39, 0.29) is 11.4 Å². The maximum absolute atomic E-state index is 11.0. The summed E-state index contributed by atoms with van der Waals surface area (Å²) >= 11 is 0. The Kier molecular flexibility index (Phi) is 1.48. The number of hydrogen-bond acceptors (Lipinski definition) is 3. The van der Waals surface area contributed by atoms with Gasteiger partial charge in [0.15, 0.2) is 0 Å². The van der Waals surface area contributed by atoms with Gasteiger partial charge in [-0.1, -0.05) is 12.6 Å². The van der Waals surface area contributed by atoms with Gasteiger partial charge in [-0.2, -0.15) is 0 Å². The molecule has 13 heavy (non-hydrogen) atoms. The van der Waals surface area contributed by atoms with Crippen molar-refractivity contribution < 1.29 is 9.90 Å². The molecule has 0 atom stereocenters. The van der Waals surface area contributed by atoms with Crippen LogP contribution >= 0.6 is 0 Å². The zero-order valence-electron chi connectivity index (χ0n) is 6.69. The molecule has 1 N–H and O–H groups in total. The van der Waals surface area contributed by atoms with Crippen molar-refractivity contribution >= 4 is 5.91 Å². The second kappa shape index (κ2) is 2.52. The highest BCUT2D eigenvalue weighted by Gasteiger charge is 2.10. The molecule has 0 unspecified atom stereocenters. The standard InChI is InChI=1S/C9H6N2O2/c1-5-9(13)11-6-3-2-4-7(12)8(6)10-5/h2-4,12H,1H2. The minimum atomic E-state index is -0.460. The van der Waals surface area contributed by atoms with Gasteiger partial charge in [0.1, 0.15) is 16.8 Å². The van der Waals surface area contributed by atoms with Gasteiger partial charge in [-0.25, -0.2) is 9.98 Å². The predicted molar refractivity (Wildman–Crippen MR) is 44.6 cm³/mol. The van der Waals surface area contributed by atoms with Gasteiger partial charge >= 0.3 is 0 Å². The van der Waals surface area contributed by atoms with Gasteiger partial charge in [-0.05, 0) is 12.1 Å². The number of aromatic hydroxyl groups is 1. The number of phenols is 1. The Bertz CT molecular complexity index is 517. The molecule has 4 heteroatoms. The van der Waals surface area contributed by atoms with E-state index >= 15 is 0 Å². The highest BCUT2D eigenvalue weighted by atomic mass is 16.3. The number of carbonyl (C=O) groups excluding carboxylic acids is 1. The zero-order valence-corrected chi connectivity index (χ0v) is 6.69. The van der Waals surface area contributed by atoms with Crippen LogP contribution in [0.1, 0.15) is 0 Å². The minimum absolute atomic E-state index is 0.00917. The molecule has 64 valence electrons. The third-order valence-corrected chi connectivity index (χ3v) is 1.71. The summed E-state index contributed by atoms with van der Waals surface area (Å²) in [6.07, 6.45) is 0. The van der Waals surface area contributed by atoms with Crippen molar-refractivity contribution in [1.82, 2.24) is 0 Å². The third-order valence-electron chi connectivity index (χ3n) is 1.71. The Morgan fingerprint density at radius 2 is 2.08 bits per heavy atom. The molecule has 1 aromatic carbocycles. The maximum atomic E-state index is 11.0. The van der Waals surface area contributed by atoms with Crippen LogP contribution in [0, 0.1) is 0 Å². The molecule has 0 spiro atoms. The Morgan fingerprint density at radius 1 is 1.31 bits per heavy atom. The van der Waals surface area contributed by atoms with E-state index in [0.29, 0.717) is 10.7 Å². The molecule has 0 saturated heterocycles. The number of fused-ring (bicyclic) bond motifs is 1. The second-order valence-electron chi connectivity index (χ2n) is 2.62. The predicted octanol–water partition coefficient (Wildman–Crippen LogP) is -0.315. The lowest BCUT2D eigenvalue weighted by atomic mass is 10.3. The van der Waals surface area contributed by atoms with E-state index in [2.05, 4.69) is 16.6 Å². The summed E-state index contributed by atoms with van der Waals surface area (Å²) < 4.78 is 0. The highest BCUT2D eigenvalue weighted by molar-refractivity contribution is 5.93. The first-order valence-electron chi connectivity index (χ1n) is 3.67. The summed E-state index contributed by atoms with van der Waals surface area (Å²) in [5.74, 6) is -0.451. The van der Waals surface area contributed by atoms with Crippen LogP contribution in [0.5, 0.6) is 5.75 Å². The summed E-state index contributed by atoms with van der Waals surface area (Å²) in [7, 11) is 0. The molecule has 0 aromatic heterocycles. The molecule has 1 aliphatic heterocycles. The van der Waals surface area contributed by atoms with Gasteiger partial charge < -0.3 is 5.11 Å². The van der Waals surface area contributed by atoms with Crippen molar-refractivity contribution in [3.8, 4) is 5.75 Å². The maximum Gasteiger partial charge on any atom is 0.295 e. The van der Waals surface area contributed by atoms with Crippen molar-refractivity contribution in [3.05, 3.63) is 41.2 Å². The Balaban J connectivity index is 2.92. The van der Waals surface area contributed by atoms with Crippen molar-refractivity contribution in [2.24, 2.45) is 9.98 Å². The number of para-hydroxylation sites is 1. The van der Waals surface area contributed by atoms with Gasteiger partial charge in [0.25, 0.3) is 5.91 Å². The van der Waals surface area contributed by atoms with Crippen LogP contribution in [-0.4, -0.2) is 11.0 Å². The van der Waals surface area contributed by atoms with Crippen molar-refractivity contribution in [3.63, 3.8) is 0 Å². The van der Waals surface area contributed by atoms with E-state index in [1.807, 2.05) is 0 Å². The minimum Gasteiger partial charge on any atom is -0.506 e. The normalized spacial score (nSPS) is 14.5. The fraction of sp³-hybridized carbons (Fsp3) is 0. The quantitative estimate of drug-likeness (QED) is 0.548. The number of carbonyl (C=O) groups is 1. The summed E-state index contributed by atoms with van der Waals surface area (Å²) in [6, 6.07) is 4.71. The SMILES string of the molecule is C=C1N=c2c(O)cccc2=NC1=O. The fourth-order valence-electron chi connectivity index (χ4n) is 1.08. The molecule has 0 aliphatic carbocycles. The number of amides is 1. The van der Waals surface area contributed by atoms with E-state index in [1.54, 1.807) is 12.1 Å². The smallest absolute Gasteiger partial charge is 0.295 e. The molecule has 1 heterocycles. The lowest BCUT2D eigenvalue weighted by molar-refractivity contribution is -0.114.